The summed E-state index contributed by atoms with van der Waals surface area (Å²) in [7, 11) is 1.11. The summed E-state index contributed by atoms with van der Waals surface area (Å²) >= 11 is 0. The molecule has 0 atom stereocenters. The van der Waals surface area contributed by atoms with Gasteiger partial charge in [0.15, 0.2) is 0 Å². The fraction of sp³-hybridized carbons (Fsp3) is 0. The molecule has 0 heterocycles. The average molecular weight is 286 g/mol. The predicted molar refractivity (Wildman–Crippen MR) is 96.8 cm³/mol. The summed E-state index contributed by atoms with van der Waals surface area (Å²) in [6.07, 6.45) is 4.30. The first kappa shape index (κ1) is 13.6. The molecule has 0 aliphatic carbocycles. The molecule has 3 aromatic carbocycles. The van der Waals surface area contributed by atoms with Gasteiger partial charge in [-0.15, -0.1) is 0 Å². The summed E-state index contributed by atoms with van der Waals surface area (Å²) in [4.78, 5) is 0. The Morgan fingerprint density at radius 2 is 1.00 bits per heavy atom. The highest BCUT2D eigenvalue weighted by Gasteiger charge is 1.96. The van der Waals surface area contributed by atoms with Crippen LogP contribution < -0.4 is 5.19 Å². The predicted octanol–water partition coefficient (Wildman–Crippen LogP) is 3.51. The molecule has 0 nitrogen and oxygen atoms in total. The van der Waals surface area contributed by atoms with Crippen LogP contribution in [0, 0.1) is 0 Å². The molecule has 102 valence electrons. The minimum absolute atomic E-state index is 1.11. The van der Waals surface area contributed by atoms with Crippen molar-refractivity contribution in [2.45, 2.75) is 0 Å². The van der Waals surface area contributed by atoms with E-state index in [2.05, 4.69) is 84.9 Å². The number of hydrogen-bond donors (Lipinski definition) is 0. The first-order valence-electron chi connectivity index (χ1n) is 7.21. The average Bonchev–Trinajstić information content (AvgIpc) is 2.55. The van der Waals surface area contributed by atoms with E-state index in [0.717, 1.165) is 10.2 Å². The van der Waals surface area contributed by atoms with Crippen LogP contribution in [0.4, 0.5) is 0 Å². The van der Waals surface area contributed by atoms with E-state index in [1.807, 2.05) is 6.07 Å². The van der Waals surface area contributed by atoms with Gasteiger partial charge in [0.25, 0.3) is 0 Å². The Kier molecular flexibility index (Phi) is 4.13. The normalized spacial score (nSPS) is 11.0. The Morgan fingerprint density at radius 3 is 1.57 bits per heavy atom. The molecule has 0 saturated heterocycles. The maximum Gasteiger partial charge on any atom is 0.0384 e. The minimum Gasteiger partial charge on any atom is -0.0707 e. The smallest absolute Gasteiger partial charge is 0.0384 e. The fourth-order valence-electron chi connectivity index (χ4n) is 2.29. The third-order valence-corrected chi connectivity index (χ3v) is 4.23. The van der Waals surface area contributed by atoms with E-state index in [9.17, 15) is 0 Å². The first-order chi connectivity index (χ1) is 10.3. The van der Waals surface area contributed by atoms with Crippen LogP contribution in [0.5, 0.6) is 0 Å². The lowest BCUT2D eigenvalue weighted by atomic mass is 10.0. The van der Waals surface area contributed by atoms with E-state index < -0.39 is 0 Å². The monoisotopic (exact) mass is 286 g/mol. The first-order valence-corrected chi connectivity index (χ1v) is 8.21. The van der Waals surface area contributed by atoms with Gasteiger partial charge in [-0.25, -0.2) is 0 Å². The van der Waals surface area contributed by atoms with Gasteiger partial charge in [0.2, 0.25) is 0 Å². The standard InChI is InChI=1S/C20H18Si/c21-20-14-12-19(13-15-20)18-10-8-17(9-11-18)7-6-16-4-2-1-3-5-16/h1-15H,21H3. The zero-order chi connectivity index (χ0) is 14.5. The molecule has 0 amide bonds. The van der Waals surface area contributed by atoms with Crippen molar-refractivity contribution >= 4 is 27.6 Å². The summed E-state index contributed by atoms with van der Waals surface area (Å²) in [6.45, 7) is 0. The summed E-state index contributed by atoms with van der Waals surface area (Å²) in [5.74, 6) is 0. The molecule has 0 bridgehead atoms. The lowest BCUT2D eigenvalue weighted by Crippen LogP contribution is -1.99. The number of rotatable bonds is 3. The molecule has 0 aliphatic rings. The maximum atomic E-state index is 2.21. The van der Waals surface area contributed by atoms with Gasteiger partial charge < -0.3 is 0 Å². The van der Waals surface area contributed by atoms with Crippen molar-refractivity contribution in [1.29, 1.82) is 0 Å². The second-order valence-electron chi connectivity index (χ2n) is 5.23. The molecule has 1 heteroatoms. The van der Waals surface area contributed by atoms with Crippen molar-refractivity contribution in [2.24, 2.45) is 0 Å². The van der Waals surface area contributed by atoms with Crippen LogP contribution in [0.2, 0.25) is 0 Å². The molecule has 0 fully saturated rings. The Hall–Kier alpha value is -2.38. The van der Waals surface area contributed by atoms with Gasteiger partial charge in [0, 0.05) is 10.2 Å². The quantitative estimate of drug-likeness (QED) is 0.510. The number of hydrogen-bond acceptors (Lipinski definition) is 0. The van der Waals surface area contributed by atoms with Gasteiger partial charge in [-0.2, -0.15) is 0 Å². The molecule has 0 spiro atoms. The third-order valence-electron chi connectivity index (χ3n) is 3.56. The van der Waals surface area contributed by atoms with Crippen LogP contribution >= 0.6 is 0 Å². The van der Waals surface area contributed by atoms with Gasteiger partial charge in [-0.3, -0.25) is 0 Å². The minimum atomic E-state index is 1.11. The van der Waals surface area contributed by atoms with Crippen molar-refractivity contribution in [2.75, 3.05) is 0 Å². The van der Waals surface area contributed by atoms with Crippen LogP contribution in [-0.2, 0) is 0 Å². The lowest BCUT2D eigenvalue weighted by molar-refractivity contribution is 1.61. The molecule has 0 N–H and O–H groups in total. The van der Waals surface area contributed by atoms with E-state index in [4.69, 9.17) is 0 Å². The Balaban J connectivity index is 1.78. The van der Waals surface area contributed by atoms with Gasteiger partial charge in [-0.1, -0.05) is 96.2 Å². The van der Waals surface area contributed by atoms with E-state index in [-0.39, 0.29) is 0 Å². The van der Waals surface area contributed by atoms with Crippen molar-refractivity contribution in [3.05, 3.63) is 90.0 Å². The summed E-state index contributed by atoms with van der Waals surface area (Å²) in [6, 6.07) is 27.9. The van der Waals surface area contributed by atoms with Crippen LogP contribution in [0.3, 0.4) is 0 Å². The van der Waals surface area contributed by atoms with Crippen molar-refractivity contribution < 1.29 is 0 Å². The summed E-state index contributed by atoms with van der Waals surface area (Å²) in [5, 5.41) is 1.43. The molecule has 3 rings (SSSR count). The zero-order valence-electron chi connectivity index (χ0n) is 12.2. The molecular formula is C20H18Si. The van der Waals surface area contributed by atoms with Crippen LogP contribution in [0.1, 0.15) is 11.1 Å². The van der Waals surface area contributed by atoms with E-state index in [1.54, 1.807) is 0 Å². The number of benzene rings is 3. The van der Waals surface area contributed by atoms with Crippen LogP contribution in [0.25, 0.3) is 23.3 Å². The third kappa shape index (κ3) is 3.59. The molecule has 0 aliphatic heterocycles. The van der Waals surface area contributed by atoms with Crippen LogP contribution in [-0.4, -0.2) is 10.2 Å². The highest BCUT2D eigenvalue weighted by Crippen LogP contribution is 2.19. The highest BCUT2D eigenvalue weighted by atomic mass is 28.1. The molecule has 0 aromatic heterocycles. The Labute approximate surface area is 129 Å². The van der Waals surface area contributed by atoms with E-state index in [0.29, 0.717) is 0 Å². The van der Waals surface area contributed by atoms with Crippen molar-refractivity contribution in [1.82, 2.24) is 0 Å². The summed E-state index contributed by atoms with van der Waals surface area (Å²) in [5.41, 5.74) is 5.01. The van der Waals surface area contributed by atoms with Gasteiger partial charge in [0.1, 0.15) is 0 Å². The maximum absolute atomic E-state index is 2.21. The molecular weight excluding hydrogens is 268 g/mol. The SMILES string of the molecule is [SiH3]c1ccc(-c2ccc(C=Cc3ccccc3)cc2)cc1. The van der Waals surface area contributed by atoms with Gasteiger partial charge >= 0.3 is 0 Å². The van der Waals surface area contributed by atoms with E-state index in [1.165, 1.54) is 27.4 Å². The van der Waals surface area contributed by atoms with Gasteiger partial charge in [0.05, 0.1) is 0 Å². The molecule has 0 radical (unpaired) electrons. The molecule has 0 saturated carbocycles. The second-order valence-corrected chi connectivity index (χ2v) is 6.39. The van der Waals surface area contributed by atoms with Crippen molar-refractivity contribution in [3.63, 3.8) is 0 Å². The topological polar surface area (TPSA) is 0 Å². The van der Waals surface area contributed by atoms with Crippen LogP contribution in [0.15, 0.2) is 78.9 Å². The zero-order valence-corrected chi connectivity index (χ0v) is 14.2. The summed E-state index contributed by atoms with van der Waals surface area (Å²) < 4.78 is 0. The Bertz CT molecular complexity index is 723. The van der Waals surface area contributed by atoms with Gasteiger partial charge in [-0.05, 0) is 22.3 Å². The van der Waals surface area contributed by atoms with E-state index >= 15 is 0 Å². The molecule has 21 heavy (non-hydrogen) atoms. The highest BCUT2D eigenvalue weighted by molar-refractivity contribution is 6.32. The fourth-order valence-corrected chi connectivity index (χ4v) is 2.62. The van der Waals surface area contributed by atoms with Crippen molar-refractivity contribution in [3.8, 4) is 11.1 Å². The lowest BCUT2D eigenvalue weighted by Gasteiger charge is -2.03. The Morgan fingerprint density at radius 1 is 0.524 bits per heavy atom. The second kappa shape index (κ2) is 6.38. The molecule has 3 aromatic rings. The largest absolute Gasteiger partial charge is 0.0707 e. The molecule has 0 unspecified atom stereocenters.